The summed E-state index contributed by atoms with van der Waals surface area (Å²) in [5, 5.41) is 0. The van der Waals surface area contributed by atoms with Crippen molar-refractivity contribution in [2.24, 2.45) is 0 Å². The first-order chi connectivity index (χ1) is 8.24. The van der Waals surface area contributed by atoms with Gasteiger partial charge in [0.1, 0.15) is 11.6 Å². The number of carbonyl (C=O) groups is 1. The SMILES string of the molecule is COc1cccc(CN(C(=O)CCl)C2CC2)c1. The molecule has 1 saturated carbocycles. The van der Waals surface area contributed by atoms with Gasteiger partial charge in [0.2, 0.25) is 5.91 Å². The second-order valence-electron chi connectivity index (χ2n) is 4.24. The number of benzene rings is 1. The fraction of sp³-hybridized carbons (Fsp3) is 0.462. The third-order valence-electron chi connectivity index (χ3n) is 2.91. The normalized spacial score (nSPS) is 14.5. The van der Waals surface area contributed by atoms with Gasteiger partial charge in [-0.05, 0) is 30.5 Å². The van der Waals surface area contributed by atoms with Crippen LogP contribution >= 0.6 is 11.6 Å². The molecule has 1 aliphatic carbocycles. The second kappa shape index (κ2) is 5.41. The van der Waals surface area contributed by atoms with E-state index in [4.69, 9.17) is 16.3 Å². The number of methoxy groups -OCH3 is 1. The van der Waals surface area contributed by atoms with E-state index in [2.05, 4.69) is 0 Å². The van der Waals surface area contributed by atoms with Gasteiger partial charge in [-0.25, -0.2) is 0 Å². The molecule has 4 heteroatoms. The van der Waals surface area contributed by atoms with Gasteiger partial charge in [0.05, 0.1) is 7.11 Å². The lowest BCUT2D eigenvalue weighted by atomic mass is 10.2. The van der Waals surface area contributed by atoms with Crippen LogP contribution in [0.2, 0.25) is 0 Å². The zero-order valence-corrected chi connectivity index (χ0v) is 10.6. The summed E-state index contributed by atoms with van der Waals surface area (Å²) in [6.45, 7) is 0.618. The summed E-state index contributed by atoms with van der Waals surface area (Å²) >= 11 is 5.63. The zero-order chi connectivity index (χ0) is 12.3. The number of amides is 1. The Morgan fingerprint density at radius 3 is 2.88 bits per heavy atom. The van der Waals surface area contributed by atoms with Crippen LogP contribution in [0.5, 0.6) is 5.75 Å². The second-order valence-corrected chi connectivity index (χ2v) is 4.51. The Morgan fingerprint density at radius 1 is 1.53 bits per heavy atom. The fourth-order valence-corrected chi connectivity index (χ4v) is 2.00. The molecule has 0 heterocycles. The number of carbonyl (C=O) groups excluding carboxylic acids is 1. The number of nitrogens with zero attached hydrogens (tertiary/aromatic N) is 1. The molecule has 1 aromatic rings. The third kappa shape index (κ3) is 3.13. The average Bonchev–Trinajstić information content (AvgIpc) is 3.19. The number of ether oxygens (including phenoxy) is 1. The molecule has 2 rings (SSSR count). The largest absolute Gasteiger partial charge is 0.497 e. The van der Waals surface area contributed by atoms with Crippen molar-refractivity contribution in [3.05, 3.63) is 29.8 Å². The van der Waals surface area contributed by atoms with Crippen molar-refractivity contribution in [3.63, 3.8) is 0 Å². The van der Waals surface area contributed by atoms with Gasteiger partial charge in [0.25, 0.3) is 0 Å². The van der Waals surface area contributed by atoms with E-state index in [1.807, 2.05) is 29.2 Å². The minimum Gasteiger partial charge on any atom is -0.497 e. The highest BCUT2D eigenvalue weighted by Crippen LogP contribution is 2.29. The van der Waals surface area contributed by atoms with E-state index in [1.54, 1.807) is 7.11 Å². The zero-order valence-electron chi connectivity index (χ0n) is 9.86. The van der Waals surface area contributed by atoms with Crippen LogP contribution < -0.4 is 4.74 Å². The summed E-state index contributed by atoms with van der Waals surface area (Å²) in [4.78, 5) is 13.6. The summed E-state index contributed by atoms with van der Waals surface area (Å²) in [6.07, 6.45) is 2.18. The third-order valence-corrected chi connectivity index (χ3v) is 3.14. The maximum absolute atomic E-state index is 11.7. The van der Waals surface area contributed by atoms with Crippen LogP contribution in [0.15, 0.2) is 24.3 Å². The minimum absolute atomic E-state index is 0.0111. The first kappa shape index (κ1) is 12.2. The summed E-state index contributed by atoms with van der Waals surface area (Å²) in [5.74, 6) is 0.883. The van der Waals surface area contributed by atoms with Gasteiger partial charge >= 0.3 is 0 Å². The number of hydrogen-bond acceptors (Lipinski definition) is 2. The molecule has 1 aliphatic rings. The molecule has 17 heavy (non-hydrogen) atoms. The Bertz CT molecular complexity index is 404. The van der Waals surface area contributed by atoms with Crippen LogP contribution in [-0.2, 0) is 11.3 Å². The molecule has 1 aromatic carbocycles. The smallest absolute Gasteiger partial charge is 0.238 e. The molecular formula is C13H16ClNO2. The van der Waals surface area contributed by atoms with E-state index >= 15 is 0 Å². The highest BCUT2D eigenvalue weighted by Gasteiger charge is 2.31. The molecule has 0 radical (unpaired) electrons. The van der Waals surface area contributed by atoms with Crippen LogP contribution in [0, 0.1) is 0 Å². The quantitative estimate of drug-likeness (QED) is 0.755. The predicted octanol–water partition coefficient (Wildman–Crippen LogP) is 2.43. The molecular weight excluding hydrogens is 238 g/mol. The van der Waals surface area contributed by atoms with Crippen LogP contribution in [0.25, 0.3) is 0 Å². The first-order valence-electron chi connectivity index (χ1n) is 5.73. The highest BCUT2D eigenvalue weighted by atomic mass is 35.5. The van der Waals surface area contributed by atoms with Crippen molar-refractivity contribution in [1.82, 2.24) is 4.90 Å². The van der Waals surface area contributed by atoms with Crippen LogP contribution in [0.1, 0.15) is 18.4 Å². The Kier molecular flexibility index (Phi) is 3.89. The standard InChI is InChI=1S/C13H16ClNO2/c1-17-12-4-2-3-10(7-12)9-15(11-5-6-11)13(16)8-14/h2-4,7,11H,5-6,8-9H2,1H3. The molecule has 0 spiro atoms. The molecule has 3 nitrogen and oxygen atoms in total. The first-order valence-corrected chi connectivity index (χ1v) is 6.26. The monoisotopic (exact) mass is 253 g/mol. The van der Waals surface area contributed by atoms with Gasteiger partial charge in [-0.2, -0.15) is 0 Å². The topological polar surface area (TPSA) is 29.5 Å². The fourth-order valence-electron chi connectivity index (χ4n) is 1.85. The van der Waals surface area contributed by atoms with Gasteiger partial charge < -0.3 is 9.64 Å². The number of alkyl halides is 1. The van der Waals surface area contributed by atoms with Crippen molar-refractivity contribution in [2.75, 3.05) is 13.0 Å². The van der Waals surface area contributed by atoms with Crippen LogP contribution in [-0.4, -0.2) is 29.8 Å². The van der Waals surface area contributed by atoms with Crippen molar-refractivity contribution in [1.29, 1.82) is 0 Å². The Labute approximate surface area is 106 Å². The molecule has 0 N–H and O–H groups in total. The van der Waals surface area contributed by atoms with E-state index in [0.717, 1.165) is 24.2 Å². The Hall–Kier alpha value is -1.22. The van der Waals surface area contributed by atoms with Crippen LogP contribution in [0.3, 0.4) is 0 Å². The highest BCUT2D eigenvalue weighted by molar-refractivity contribution is 6.27. The van der Waals surface area contributed by atoms with Crippen molar-refractivity contribution in [3.8, 4) is 5.75 Å². The lowest BCUT2D eigenvalue weighted by molar-refractivity contribution is -0.129. The van der Waals surface area contributed by atoms with E-state index in [9.17, 15) is 4.79 Å². The Balaban J connectivity index is 2.08. The van der Waals surface area contributed by atoms with Gasteiger partial charge in [0, 0.05) is 12.6 Å². The van der Waals surface area contributed by atoms with E-state index in [1.165, 1.54) is 0 Å². The van der Waals surface area contributed by atoms with E-state index < -0.39 is 0 Å². The molecule has 92 valence electrons. The van der Waals surface area contributed by atoms with Gasteiger partial charge in [-0.1, -0.05) is 12.1 Å². The van der Waals surface area contributed by atoms with Crippen LogP contribution in [0.4, 0.5) is 0 Å². The molecule has 0 atom stereocenters. The van der Waals surface area contributed by atoms with Crippen molar-refractivity contribution >= 4 is 17.5 Å². The molecule has 0 unspecified atom stereocenters. The lowest BCUT2D eigenvalue weighted by Crippen LogP contribution is -2.33. The van der Waals surface area contributed by atoms with Crippen molar-refractivity contribution < 1.29 is 9.53 Å². The van der Waals surface area contributed by atoms with Gasteiger partial charge in [-0.15, -0.1) is 11.6 Å². The number of rotatable bonds is 5. The van der Waals surface area contributed by atoms with E-state index in [0.29, 0.717) is 12.6 Å². The lowest BCUT2D eigenvalue weighted by Gasteiger charge is -2.21. The summed E-state index contributed by atoms with van der Waals surface area (Å²) in [5.41, 5.74) is 1.08. The Morgan fingerprint density at radius 2 is 2.29 bits per heavy atom. The molecule has 0 bridgehead atoms. The summed E-state index contributed by atoms with van der Waals surface area (Å²) in [6, 6.07) is 8.17. The summed E-state index contributed by atoms with van der Waals surface area (Å²) in [7, 11) is 1.64. The average molecular weight is 254 g/mol. The maximum Gasteiger partial charge on any atom is 0.238 e. The minimum atomic E-state index is 0.0111. The molecule has 0 saturated heterocycles. The molecule has 1 fully saturated rings. The molecule has 1 amide bonds. The maximum atomic E-state index is 11.7. The number of halogens is 1. The van der Waals surface area contributed by atoms with E-state index in [-0.39, 0.29) is 11.8 Å². The predicted molar refractivity (Wildman–Crippen MR) is 67.3 cm³/mol. The van der Waals surface area contributed by atoms with Gasteiger partial charge in [-0.3, -0.25) is 4.79 Å². The van der Waals surface area contributed by atoms with Gasteiger partial charge in [0.15, 0.2) is 0 Å². The summed E-state index contributed by atoms with van der Waals surface area (Å²) < 4.78 is 5.17. The molecule has 0 aliphatic heterocycles. The molecule has 0 aromatic heterocycles. The van der Waals surface area contributed by atoms with Crippen molar-refractivity contribution in [2.45, 2.75) is 25.4 Å². The number of hydrogen-bond donors (Lipinski definition) is 0.